The number of anilines is 1. The van der Waals surface area contributed by atoms with Gasteiger partial charge in [0.2, 0.25) is 10.0 Å². The van der Waals surface area contributed by atoms with Crippen molar-refractivity contribution in [2.24, 2.45) is 5.92 Å². The van der Waals surface area contributed by atoms with Gasteiger partial charge in [-0.3, -0.25) is 0 Å². The van der Waals surface area contributed by atoms with Crippen molar-refractivity contribution in [3.8, 4) is 0 Å². The zero-order chi connectivity index (χ0) is 16.6. The van der Waals surface area contributed by atoms with Crippen LogP contribution in [0.5, 0.6) is 0 Å². The summed E-state index contributed by atoms with van der Waals surface area (Å²) in [5, 5.41) is 2.84. The normalized spacial score (nSPS) is 15.6. The molecule has 0 heterocycles. The monoisotopic (exact) mass is 375 g/mol. The van der Waals surface area contributed by atoms with E-state index in [0.717, 1.165) is 44.2 Å². The Balaban J connectivity index is 0.00000208. The summed E-state index contributed by atoms with van der Waals surface area (Å²) in [7, 11) is -3.59. The topological polar surface area (TPSA) is 75.3 Å². The minimum Gasteiger partial charge on any atom is -0.307 e. The Hall–Kier alpha value is 0.0764. The van der Waals surface area contributed by atoms with Gasteiger partial charge in [-0.2, -0.15) is 0 Å². The van der Waals surface area contributed by atoms with Crippen molar-refractivity contribution in [3.05, 3.63) is 28.3 Å². The van der Waals surface area contributed by atoms with Gasteiger partial charge in [-0.05, 0) is 66.7 Å². The molecule has 0 saturated carbocycles. The van der Waals surface area contributed by atoms with Gasteiger partial charge in [-0.25, -0.2) is 17.9 Å². The van der Waals surface area contributed by atoms with E-state index in [9.17, 15) is 13.2 Å². The number of benzene rings is 1. The van der Waals surface area contributed by atoms with Crippen LogP contribution in [0, 0.1) is 5.92 Å². The molecular weight excluding hydrogens is 351 g/mol. The average molecular weight is 376 g/mol. The first kappa shape index (κ1) is 20.4. The van der Waals surface area contributed by atoms with Crippen LogP contribution >= 0.6 is 0 Å². The number of hydrogen-bond donors (Lipinski definition) is 2. The number of aryl methyl sites for hydroxylation is 2. The Morgan fingerprint density at radius 3 is 2.12 bits per heavy atom. The molecule has 7 heteroatoms. The zero-order valence-electron chi connectivity index (χ0n) is 14.7. The molecule has 0 unspecified atom stereocenters. The number of hydrogen-bond acceptors (Lipinski definition) is 3. The second-order valence-electron chi connectivity index (χ2n) is 6.97. The second-order valence-corrected chi connectivity index (χ2v) is 8.73. The van der Waals surface area contributed by atoms with Gasteiger partial charge in [-0.1, -0.05) is 19.9 Å². The van der Waals surface area contributed by atoms with Crippen molar-refractivity contribution in [1.82, 2.24) is 4.72 Å². The average Bonchev–Trinajstić information content (AvgIpc) is 3.03. The minimum atomic E-state index is -3.59. The summed E-state index contributed by atoms with van der Waals surface area (Å²) in [6, 6.07) is 1.64. The van der Waals surface area contributed by atoms with Crippen molar-refractivity contribution in [3.63, 3.8) is 0 Å². The van der Waals surface area contributed by atoms with Crippen molar-refractivity contribution >= 4 is 73.1 Å². The zero-order valence-corrected chi connectivity index (χ0v) is 18.7. The Morgan fingerprint density at radius 2 is 1.62 bits per heavy atom. The van der Waals surface area contributed by atoms with Gasteiger partial charge in [-0.15, -0.1) is 0 Å². The van der Waals surface area contributed by atoms with Crippen LogP contribution in [0.15, 0.2) is 6.07 Å². The van der Waals surface area contributed by atoms with E-state index in [1.807, 2.05) is 13.8 Å². The second kappa shape index (κ2) is 8.18. The SMILES string of the molecule is CC(C)CS(=O)(=O)NC(=O)Nc1c2c(cc3c1CCC3)CCC2.[K]. The minimum absolute atomic E-state index is 0. The summed E-state index contributed by atoms with van der Waals surface area (Å²) in [5.74, 6) is -0.0728. The van der Waals surface area contributed by atoms with E-state index in [1.165, 1.54) is 22.3 Å². The van der Waals surface area contributed by atoms with Gasteiger partial charge in [0.1, 0.15) is 0 Å². The van der Waals surface area contributed by atoms with Crippen molar-refractivity contribution in [2.75, 3.05) is 11.1 Å². The van der Waals surface area contributed by atoms with E-state index in [-0.39, 0.29) is 63.1 Å². The summed E-state index contributed by atoms with van der Waals surface area (Å²) in [6.45, 7) is 3.63. The molecule has 1 aromatic rings. The Labute approximate surface area is 186 Å². The number of carbonyl (C=O) groups is 1. The van der Waals surface area contributed by atoms with Crippen molar-refractivity contribution in [1.29, 1.82) is 0 Å². The van der Waals surface area contributed by atoms with E-state index in [2.05, 4.69) is 16.1 Å². The largest absolute Gasteiger partial charge is 0.332 e. The molecule has 1 radical (unpaired) electrons. The van der Waals surface area contributed by atoms with Gasteiger partial charge in [0.05, 0.1) is 5.75 Å². The maximum Gasteiger partial charge on any atom is 0.332 e. The third kappa shape index (κ3) is 4.62. The molecule has 0 spiro atoms. The molecule has 0 bridgehead atoms. The van der Waals surface area contributed by atoms with Crippen LogP contribution in [0.25, 0.3) is 0 Å². The summed E-state index contributed by atoms with van der Waals surface area (Å²) < 4.78 is 26.0. The molecule has 24 heavy (non-hydrogen) atoms. The molecule has 0 aliphatic heterocycles. The van der Waals surface area contributed by atoms with Gasteiger partial charge < -0.3 is 5.32 Å². The van der Waals surface area contributed by atoms with E-state index < -0.39 is 16.1 Å². The molecule has 1 aromatic carbocycles. The quantitative estimate of drug-likeness (QED) is 0.794. The summed E-state index contributed by atoms with van der Waals surface area (Å²) in [5.41, 5.74) is 5.88. The fraction of sp³-hybridized carbons (Fsp3) is 0.588. The fourth-order valence-electron chi connectivity index (χ4n) is 3.73. The number of fused-ring (bicyclic) bond motifs is 2. The van der Waals surface area contributed by atoms with Crippen LogP contribution in [-0.2, 0) is 35.7 Å². The Kier molecular flexibility index (Phi) is 6.95. The predicted octanol–water partition coefficient (Wildman–Crippen LogP) is 2.39. The number of carbonyl (C=O) groups excluding carboxylic acids is 1. The Morgan fingerprint density at radius 1 is 1.08 bits per heavy atom. The maximum absolute atomic E-state index is 12.2. The van der Waals surface area contributed by atoms with Crippen LogP contribution < -0.4 is 10.0 Å². The van der Waals surface area contributed by atoms with Crippen LogP contribution in [0.3, 0.4) is 0 Å². The number of amides is 2. The molecule has 0 aromatic heterocycles. The molecule has 5 nitrogen and oxygen atoms in total. The van der Waals surface area contributed by atoms with E-state index in [0.29, 0.717) is 0 Å². The van der Waals surface area contributed by atoms with Crippen molar-refractivity contribution < 1.29 is 13.2 Å². The first-order chi connectivity index (χ1) is 10.9. The summed E-state index contributed by atoms with van der Waals surface area (Å²) in [4.78, 5) is 12.2. The predicted molar refractivity (Wildman–Crippen MR) is 97.0 cm³/mol. The van der Waals surface area contributed by atoms with Gasteiger partial charge in [0, 0.05) is 57.1 Å². The van der Waals surface area contributed by atoms with E-state index >= 15 is 0 Å². The number of urea groups is 1. The molecule has 0 fully saturated rings. The first-order valence-electron chi connectivity index (χ1n) is 8.33. The van der Waals surface area contributed by atoms with Crippen LogP contribution in [0.1, 0.15) is 48.9 Å². The third-order valence-corrected chi connectivity index (χ3v) is 6.11. The number of rotatable bonds is 4. The summed E-state index contributed by atoms with van der Waals surface area (Å²) >= 11 is 0. The van der Waals surface area contributed by atoms with Gasteiger partial charge >= 0.3 is 6.03 Å². The van der Waals surface area contributed by atoms with Crippen LogP contribution in [-0.4, -0.2) is 71.6 Å². The van der Waals surface area contributed by atoms with E-state index in [1.54, 1.807) is 0 Å². The molecular formula is C17H24KN2O3S. The van der Waals surface area contributed by atoms with Crippen LogP contribution in [0.2, 0.25) is 0 Å². The fourth-order valence-corrected chi connectivity index (χ4v) is 5.02. The Bertz CT molecular complexity index is 712. The molecule has 0 saturated heterocycles. The maximum atomic E-state index is 12.2. The molecule has 2 amide bonds. The smallest absolute Gasteiger partial charge is 0.307 e. The standard InChI is InChI=1S/C17H24N2O3S.K/c1-11(2)10-23(21,22)19-17(20)18-16-14-7-3-5-12(14)9-13-6-4-8-15(13)16;/h9,11H,3-8,10H2,1-2H3,(H2,18,19,20);. The molecule has 3 rings (SSSR count). The molecule has 2 aliphatic rings. The van der Waals surface area contributed by atoms with E-state index in [4.69, 9.17) is 0 Å². The summed E-state index contributed by atoms with van der Waals surface area (Å²) in [6.07, 6.45) is 6.20. The van der Waals surface area contributed by atoms with Gasteiger partial charge in [0.25, 0.3) is 0 Å². The third-order valence-electron chi connectivity index (χ3n) is 4.51. The van der Waals surface area contributed by atoms with Gasteiger partial charge in [0.15, 0.2) is 0 Å². The number of sulfonamides is 1. The molecule has 2 N–H and O–H groups in total. The number of nitrogens with one attached hydrogen (secondary N) is 2. The first-order valence-corrected chi connectivity index (χ1v) is 9.99. The van der Waals surface area contributed by atoms with Crippen molar-refractivity contribution in [2.45, 2.75) is 52.4 Å². The molecule has 2 aliphatic carbocycles. The molecule has 0 atom stereocenters. The molecule has 127 valence electrons. The van der Waals surface area contributed by atoms with Crippen LogP contribution in [0.4, 0.5) is 10.5 Å².